The van der Waals surface area contributed by atoms with Crippen molar-refractivity contribution in [1.29, 1.82) is 0 Å². The van der Waals surface area contributed by atoms with Gasteiger partial charge in [-0.2, -0.15) is 5.10 Å². The molecule has 114 valence electrons. The molecule has 2 aromatic rings. The molecule has 0 heterocycles. The largest absolute Gasteiger partial charge is 0.497 e. The van der Waals surface area contributed by atoms with Crippen LogP contribution in [-0.2, 0) is 4.79 Å². The molecule has 0 unspecified atom stereocenters. The molecule has 0 radical (unpaired) electrons. The van der Waals surface area contributed by atoms with Gasteiger partial charge in [0.1, 0.15) is 11.6 Å². The number of nitrogens with one attached hydrogen (secondary N) is 2. The molecule has 0 spiro atoms. The van der Waals surface area contributed by atoms with Crippen molar-refractivity contribution in [1.82, 2.24) is 5.43 Å². The molecule has 0 bridgehead atoms. The van der Waals surface area contributed by atoms with Gasteiger partial charge in [-0.25, -0.2) is 9.82 Å². The number of halogens is 1. The summed E-state index contributed by atoms with van der Waals surface area (Å²) >= 11 is 0. The molecular formula is C16H16FN3O2. The highest BCUT2D eigenvalue weighted by Crippen LogP contribution is 2.14. The summed E-state index contributed by atoms with van der Waals surface area (Å²) in [5.41, 5.74) is 3.89. The monoisotopic (exact) mass is 301 g/mol. The second-order valence-corrected chi connectivity index (χ2v) is 4.43. The number of nitrogens with zero attached hydrogens (tertiary/aromatic N) is 1. The molecule has 2 rings (SSSR count). The Bertz CT molecular complexity index is 639. The first-order chi connectivity index (χ1) is 10.7. The Morgan fingerprint density at radius 2 is 1.86 bits per heavy atom. The number of amides is 1. The molecule has 0 aromatic heterocycles. The van der Waals surface area contributed by atoms with Gasteiger partial charge < -0.3 is 10.1 Å². The topological polar surface area (TPSA) is 62.7 Å². The van der Waals surface area contributed by atoms with E-state index in [4.69, 9.17) is 4.74 Å². The van der Waals surface area contributed by atoms with Crippen LogP contribution < -0.4 is 15.5 Å². The number of benzene rings is 2. The Morgan fingerprint density at radius 1 is 1.18 bits per heavy atom. The maximum atomic E-state index is 12.7. The van der Waals surface area contributed by atoms with E-state index < -0.39 is 0 Å². The molecule has 0 atom stereocenters. The van der Waals surface area contributed by atoms with Crippen molar-refractivity contribution in [2.24, 2.45) is 5.10 Å². The SMILES string of the molecule is COc1ccc(NCC(=O)N/N=C/c2ccc(F)cc2)cc1. The highest BCUT2D eigenvalue weighted by molar-refractivity contribution is 5.84. The van der Waals surface area contributed by atoms with Gasteiger partial charge >= 0.3 is 0 Å². The van der Waals surface area contributed by atoms with Crippen molar-refractivity contribution in [2.75, 3.05) is 19.0 Å². The average Bonchev–Trinajstić information content (AvgIpc) is 2.55. The summed E-state index contributed by atoms with van der Waals surface area (Å²) < 4.78 is 17.8. The van der Waals surface area contributed by atoms with E-state index in [9.17, 15) is 9.18 Å². The van der Waals surface area contributed by atoms with Gasteiger partial charge in [0.05, 0.1) is 19.9 Å². The Hall–Kier alpha value is -2.89. The van der Waals surface area contributed by atoms with E-state index >= 15 is 0 Å². The van der Waals surface area contributed by atoms with Gasteiger partial charge in [-0.3, -0.25) is 4.79 Å². The maximum Gasteiger partial charge on any atom is 0.259 e. The normalized spacial score (nSPS) is 10.5. The second kappa shape index (κ2) is 7.78. The molecule has 0 saturated heterocycles. The van der Waals surface area contributed by atoms with Crippen LogP contribution in [0.25, 0.3) is 0 Å². The van der Waals surface area contributed by atoms with E-state index in [0.717, 1.165) is 11.4 Å². The van der Waals surface area contributed by atoms with Gasteiger partial charge in [0.2, 0.25) is 0 Å². The van der Waals surface area contributed by atoms with Crippen molar-refractivity contribution in [3.63, 3.8) is 0 Å². The first kappa shape index (κ1) is 15.5. The molecule has 6 heteroatoms. The summed E-state index contributed by atoms with van der Waals surface area (Å²) in [5, 5.41) is 6.76. The van der Waals surface area contributed by atoms with Gasteiger partial charge in [-0.15, -0.1) is 0 Å². The molecule has 22 heavy (non-hydrogen) atoms. The van der Waals surface area contributed by atoms with Gasteiger partial charge in [-0.05, 0) is 42.0 Å². The molecule has 5 nitrogen and oxygen atoms in total. The zero-order valence-corrected chi connectivity index (χ0v) is 12.0. The van der Waals surface area contributed by atoms with Gasteiger partial charge in [0.15, 0.2) is 0 Å². The van der Waals surface area contributed by atoms with Crippen LogP contribution in [0.3, 0.4) is 0 Å². The number of carbonyl (C=O) groups is 1. The summed E-state index contributed by atoms with van der Waals surface area (Å²) in [7, 11) is 1.59. The van der Waals surface area contributed by atoms with Gasteiger partial charge in [0.25, 0.3) is 5.91 Å². The van der Waals surface area contributed by atoms with Crippen LogP contribution in [0.15, 0.2) is 53.6 Å². The maximum absolute atomic E-state index is 12.7. The number of hydrogen-bond donors (Lipinski definition) is 2. The molecule has 2 N–H and O–H groups in total. The highest BCUT2D eigenvalue weighted by Gasteiger charge is 1.99. The zero-order chi connectivity index (χ0) is 15.8. The fourth-order valence-electron chi connectivity index (χ4n) is 1.66. The summed E-state index contributed by atoms with van der Waals surface area (Å²) in [6.07, 6.45) is 1.45. The minimum atomic E-state index is -0.315. The smallest absolute Gasteiger partial charge is 0.259 e. The van der Waals surface area contributed by atoms with Crippen LogP contribution in [0.5, 0.6) is 5.75 Å². The van der Waals surface area contributed by atoms with E-state index in [2.05, 4.69) is 15.8 Å². The van der Waals surface area contributed by atoms with E-state index in [1.807, 2.05) is 12.1 Å². The first-order valence-electron chi connectivity index (χ1n) is 6.63. The summed E-state index contributed by atoms with van der Waals surface area (Å²) in [5.74, 6) is 0.151. The number of hydrogen-bond acceptors (Lipinski definition) is 4. The van der Waals surface area contributed by atoms with E-state index in [1.165, 1.54) is 18.3 Å². The van der Waals surface area contributed by atoms with Crippen LogP contribution in [0.1, 0.15) is 5.56 Å². The zero-order valence-electron chi connectivity index (χ0n) is 12.0. The predicted molar refractivity (Wildman–Crippen MR) is 83.6 cm³/mol. The lowest BCUT2D eigenvalue weighted by atomic mass is 10.2. The fraction of sp³-hybridized carbons (Fsp3) is 0.125. The van der Waals surface area contributed by atoms with E-state index in [1.54, 1.807) is 31.4 Å². The number of anilines is 1. The molecular weight excluding hydrogens is 285 g/mol. The van der Waals surface area contributed by atoms with E-state index in [-0.39, 0.29) is 18.3 Å². The third-order valence-corrected chi connectivity index (χ3v) is 2.82. The standard InChI is InChI=1S/C16H16FN3O2/c1-22-15-8-6-14(7-9-15)18-11-16(21)20-19-10-12-2-4-13(17)5-3-12/h2-10,18H,11H2,1H3,(H,20,21)/b19-10+. The fourth-order valence-corrected chi connectivity index (χ4v) is 1.66. The van der Waals surface area contributed by atoms with Crippen LogP contribution in [0, 0.1) is 5.82 Å². The Balaban J connectivity index is 1.76. The van der Waals surface area contributed by atoms with Crippen molar-refractivity contribution in [2.45, 2.75) is 0 Å². The number of hydrazone groups is 1. The van der Waals surface area contributed by atoms with Crippen LogP contribution in [0.2, 0.25) is 0 Å². The third kappa shape index (κ3) is 4.90. The summed E-state index contributed by atoms with van der Waals surface area (Å²) in [6.45, 7) is 0.0904. The van der Waals surface area contributed by atoms with Crippen molar-refractivity contribution >= 4 is 17.8 Å². The van der Waals surface area contributed by atoms with Crippen molar-refractivity contribution < 1.29 is 13.9 Å². The lowest BCUT2D eigenvalue weighted by molar-refractivity contribution is -0.119. The number of rotatable bonds is 6. The minimum absolute atomic E-state index is 0.0904. The predicted octanol–water partition coefficient (Wildman–Crippen LogP) is 2.40. The first-order valence-corrected chi connectivity index (χ1v) is 6.63. The molecule has 0 aliphatic heterocycles. The number of methoxy groups -OCH3 is 1. The van der Waals surface area contributed by atoms with Crippen molar-refractivity contribution in [3.8, 4) is 5.75 Å². The van der Waals surface area contributed by atoms with Crippen molar-refractivity contribution in [3.05, 3.63) is 59.9 Å². The minimum Gasteiger partial charge on any atom is -0.497 e. The summed E-state index contributed by atoms with van der Waals surface area (Å²) in [4.78, 5) is 11.6. The van der Waals surface area contributed by atoms with Crippen LogP contribution in [-0.4, -0.2) is 25.8 Å². The summed E-state index contributed by atoms with van der Waals surface area (Å²) in [6, 6.07) is 13.0. The number of carbonyl (C=O) groups excluding carboxylic acids is 1. The van der Waals surface area contributed by atoms with Crippen LogP contribution in [0.4, 0.5) is 10.1 Å². The van der Waals surface area contributed by atoms with Gasteiger partial charge in [0, 0.05) is 5.69 Å². The van der Waals surface area contributed by atoms with Gasteiger partial charge in [-0.1, -0.05) is 12.1 Å². The van der Waals surface area contributed by atoms with Crippen LogP contribution >= 0.6 is 0 Å². The third-order valence-electron chi connectivity index (χ3n) is 2.82. The highest BCUT2D eigenvalue weighted by atomic mass is 19.1. The average molecular weight is 301 g/mol. The molecule has 1 amide bonds. The molecule has 2 aromatic carbocycles. The quantitative estimate of drug-likeness (QED) is 0.636. The lowest BCUT2D eigenvalue weighted by Gasteiger charge is -2.06. The lowest BCUT2D eigenvalue weighted by Crippen LogP contribution is -2.25. The molecule has 0 saturated carbocycles. The molecule has 0 aliphatic rings. The Morgan fingerprint density at radius 3 is 2.50 bits per heavy atom. The number of ether oxygens (including phenoxy) is 1. The van der Waals surface area contributed by atoms with E-state index in [0.29, 0.717) is 5.56 Å². The Labute approximate surface area is 127 Å². The molecule has 0 fully saturated rings. The molecule has 0 aliphatic carbocycles. The second-order valence-electron chi connectivity index (χ2n) is 4.43. The Kier molecular flexibility index (Phi) is 5.48.